The lowest BCUT2D eigenvalue weighted by molar-refractivity contribution is 0.0228. The van der Waals surface area contributed by atoms with Crippen LogP contribution < -0.4 is 4.74 Å². The predicted octanol–water partition coefficient (Wildman–Crippen LogP) is 3.23. The normalized spacial score (nSPS) is 11.3. The second-order valence-electron chi connectivity index (χ2n) is 6.26. The van der Waals surface area contributed by atoms with Crippen LogP contribution in [0.15, 0.2) is 18.2 Å². The second-order valence-corrected chi connectivity index (χ2v) is 6.26. The molecule has 0 aliphatic rings. The number of hydrogen-bond acceptors (Lipinski definition) is 6. The Morgan fingerprint density at radius 3 is 1.92 bits per heavy atom. The van der Waals surface area contributed by atoms with Gasteiger partial charge < -0.3 is 18.9 Å². The van der Waals surface area contributed by atoms with E-state index in [1.54, 1.807) is 12.1 Å². The topological polar surface area (TPSA) is 71.1 Å². The van der Waals surface area contributed by atoms with Crippen LogP contribution in [-0.4, -0.2) is 44.5 Å². The Morgan fingerprint density at radius 2 is 1.50 bits per heavy atom. The van der Waals surface area contributed by atoms with Gasteiger partial charge >= 0.3 is 11.9 Å². The summed E-state index contributed by atoms with van der Waals surface area (Å²) < 4.78 is 20.9. The first-order chi connectivity index (χ1) is 11.2. The standard InChI is InChI=1S/C18H26O6/c1-12(2)23-8-7-18(3,4)24-15-10-13(16(19)21-5)9-14(11-15)17(20)22-6/h9-12H,7-8H2,1-6H3. The first-order valence-corrected chi connectivity index (χ1v) is 7.81. The van der Waals surface area contributed by atoms with Crippen LogP contribution in [0.4, 0.5) is 0 Å². The number of ether oxygens (including phenoxy) is 4. The molecule has 24 heavy (non-hydrogen) atoms. The highest BCUT2D eigenvalue weighted by atomic mass is 16.5. The van der Waals surface area contributed by atoms with Gasteiger partial charge in [0, 0.05) is 6.42 Å². The van der Waals surface area contributed by atoms with E-state index in [4.69, 9.17) is 18.9 Å². The summed E-state index contributed by atoms with van der Waals surface area (Å²) >= 11 is 0. The molecule has 0 N–H and O–H groups in total. The molecule has 0 aliphatic carbocycles. The van der Waals surface area contributed by atoms with Gasteiger partial charge in [0.15, 0.2) is 0 Å². The van der Waals surface area contributed by atoms with Crippen LogP contribution in [0.5, 0.6) is 5.75 Å². The van der Waals surface area contributed by atoms with Crippen LogP contribution in [0.2, 0.25) is 0 Å². The van der Waals surface area contributed by atoms with Crippen LogP contribution in [0.1, 0.15) is 54.8 Å². The van der Waals surface area contributed by atoms with Crippen LogP contribution in [0.3, 0.4) is 0 Å². The van der Waals surface area contributed by atoms with Gasteiger partial charge in [0.25, 0.3) is 0 Å². The zero-order chi connectivity index (χ0) is 18.3. The average Bonchev–Trinajstić information content (AvgIpc) is 2.51. The highest BCUT2D eigenvalue weighted by molar-refractivity contribution is 5.96. The summed E-state index contributed by atoms with van der Waals surface area (Å²) in [5, 5.41) is 0. The second kappa shape index (κ2) is 8.68. The number of carbonyl (C=O) groups excluding carboxylic acids is 2. The molecule has 134 valence electrons. The third-order valence-corrected chi connectivity index (χ3v) is 3.30. The molecule has 1 rings (SSSR count). The summed E-state index contributed by atoms with van der Waals surface area (Å²) in [5.41, 5.74) is -0.0777. The lowest BCUT2D eigenvalue weighted by Crippen LogP contribution is -2.30. The summed E-state index contributed by atoms with van der Waals surface area (Å²) in [6, 6.07) is 4.51. The van der Waals surface area contributed by atoms with Gasteiger partial charge in [-0.15, -0.1) is 0 Å². The predicted molar refractivity (Wildman–Crippen MR) is 89.5 cm³/mol. The monoisotopic (exact) mass is 338 g/mol. The van der Waals surface area contributed by atoms with Gasteiger partial charge in [0.1, 0.15) is 11.4 Å². The van der Waals surface area contributed by atoms with E-state index in [1.165, 1.54) is 20.3 Å². The zero-order valence-electron chi connectivity index (χ0n) is 15.2. The van der Waals surface area contributed by atoms with Crippen molar-refractivity contribution in [2.24, 2.45) is 0 Å². The number of rotatable bonds is 8. The highest BCUT2D eigenvalue weighted by Gasteiger charge is 2.22. The number of carbonyl (C=O) groups is 2. The maximum atomic E-state index is 11.8. The smallest absolute Gasteiger partial charge is 0.338 e. The molecule has 0 saturated carbocycles. The molecule has 1 aromatic carbocycles. The van der Waals surface area contributed by atoms with Crippen molar-refractivity contribution in [3.8, 4) is 5.75 Å². The van der Waals surface area contributed by atoms with Crippen LogP contribution in [0.25, 0.3) is 0 Å². The number of hydrogen-bond donors (Lipinski definition) is 0. The lowest BCUT2D eigenvalue weighted by Gasteiger charge is -2.27. The molecular formula is C18H26O6. The molecule has 0 heterocycles. The largest absolute Gasteiger partial charge is 0.488 e. The van der Waals surface area contributed by atoms with Crippen molar-refractivity contribution in [3.63, 3.8) is 0 Å². The fourth-order valence-electron chi connectivity index (χ4n) is 2.04. The Balaban J connectivity index is 3.00. The summed E-state index contributed by atoms with van der Waals surface area (Å²) in [6.07, 6.45) is 0.802. The molecule has 0 saturated heterocycles. The van der Waals surface area contributed by atoms with Gasteiger partial charge in [-0.2, -0.15) is 0 Å². The first-order valence-electron chi connectivity index (χ1n) is 7.81. The zero-order valence-corrected chi connectivity index (χ0v) is 15.2. The van der Waals surface area contributed by atoms with E-state index in [2.05, 4.69) is 0 Å². The van der Waals surface area contributed by atoms with E-state index < -0.39 is 17.5 Å². The Kier molecular flexibility index (Phi) is 7.22. The van der Waals surface area contributed by atoms with E-state index >= 15 is 0 Å². The first kappa shape index (κ1) is 20.0. The van der Waals surface area contributed by atoms with E-state index in [0.29, 0.717) is 18.8 Å². The summed E-state index contributed by atoms with van der Waals surface area (Å²) in [5.74, 6) is -0.703. The maximum absolute atomic E-state index is 11.8. The number of benzene rings is 1. The van der Waals surface area contributed by atoms with Crippen molar-refractivity contribution in [1.82, 2.24) is 0 Å². The summed E-state index contributed by atoms with van der Waals surface area (Å²) in [4.78, 5) is 23.6. The lowest BCUT2D eigenvalue weighted by atomic mass is 10.0. The van der Waals surface area contributed by atoms with Crippen molar-refractivity contribution < 1.29 is 28.5 Å². The molecule has 0 spiro atoms. The van der Waals surface area contributed by atoms with Crippen LogP contribution in [-0.2, 0) is 14.2 Å². The molecule has 6 heteroatoms. The minimum atomic E-state index is -0.549. The van der Waals surface area contributed by atoms with Gasteiger partial charge in [0.05, 0.1) is 38.1 Å². The van der Waals surface area contributed by atoms with Crippen molar-refractivity contribution in [2.45, 2.75) is 45.8 Å². The Hall–Kier alpha value is -2.08. The molecule has 0 aromatic heterocycles. The molecule has 6 nitrogen and oxygen atoms in total. The Bertz CT molecular complexity index is 543. The molecule has 0 atom stereocenters. The van der Waals surface area contributed by atoms with Crippen LogP contribution in [0, 0.1) is 0 Å². The van der Waals surface area contributed by atoms with Crippen molar-refractivity contribution in [2.75, 3.05) is 20.8 Å². The minimum absolute atomic E-state index is 0.148. The van der Waals surface area contributed by atoms with E-state index in [0.717, 1.165) is 0 Å². The summed E-state index contributed by atoms with van der Waals surface area (Å²) in [7, 11) is 2.56. The molecule has 0 bridgehead atoms. The number of esters is 2. The molecule has 1 aromatic rings. The van der Waals surface area contributed by atoms with E-state index in [-0.39, 0.29) is 17.2 Å². The van der Waals surface area contributed by atoms with Crippen molar-refractivity contribution >= 4 is 11.9 Å². The fraction of sp³-hybridized carbons (Fsp3) is 0.556. The maximum Gasteiger partial charge on any atom is 0.338 e. The van der Waals surface area contributed by atoms with E-state index in [1.807, 2.05) is 27.7 Å². The minimum Gasteiger partial charge on any atom is -0.488 e. The quantitative estimate of drug-likeness (QED) is 0.678. The third kappa shape index (κ3) is 6.20. The molecule has 0 fully saturated rings. The highest BCUT2D eigenvalue weighted by Crippen LogP contribution is 2.25. The van der Waals surface area contributed by atoms with Crippen molar-refractivity contribution in [1.29, 1.82) is 0 Å². The fourth-order valence-corrected chi connectivity index (χ4v) is 2.04. The van der Waals surface area contributed by atoms with Crippen molar-refractivity contribution in [3.05, 3.63) is 29.3 Å². The Labute approximate surface area is 143 Å². The van der Waals surface area contributed by atoms with Gasteiger partial charge in [0.2, 0.25) is 0 Å². The average molecular weight is 338 g/mol. The van der Waals surface area contributed by atoms with Gasteiger partial charge in [-0.05, 0) is 45.9 Å². The van der Waals surface area contributed by atoms with E-state index in [9.17, 15) is 9.59 Å². The van der Waals surface area contributed by atoms with Gasteiger partial charge in [-0.1, -0.05) is 0 Å². The Morgan fingerprint density at radius 1 is 1.00 bits per heavy atom. The molecule has 0 aliphatic heterocycles. The molecular weight excluding hydrogens is 312 g/mol. The number of methoxy groups -OCH3 is 2. The molecule has 0 amide bonds. The summed E-state index contributed by atoms with van der Waals surface area (Å²) in [6.45, 7) is 8.32. The van der Waals surface area contributed by atoms with Gasteiger partial charge in [-0.25, -0.2) is 9.59 Å². The van der Waals surface area contributed by atoms with Gasteiger partial charge in [-0.3, -0.25) is 0 Å². The van der Waals surface area contributed by atoms with Crippen LogP contribution >= 0.6 is 0 Å². The SMILES string of the molecule is COC(=O)c1cc(OC(C)(C)CCOC(C)C)cc(C(=O)OC)c1. The molecule has 0 radical (unpaired) electrons. The third-order valence-electron chi connectivity index (χ3n) is 3.30. The molecule has 0 unspecified atom stereocenters.